The zero-order valence-corrected chi connectivity index (χ0v) is 18.2. The number of halogens is 1. The van der Waals surface area contributed by atoms with Crippen molar-refractivity contribution in [2.75, 3.05) is 13.2 Å². The molecule has 2 aliphatic rings. The Hall–Kier alpha value is -1.64. The lowest BCUT2D eigenvalue weighted by atomic mass is 9.78. The molecule has 1 N–H and O–H groups in total. The van der Waals surface area contributed by atoms with Crippen molar-refractivity contribution in [3.8, 4) is 0 Å². The Balaban J connectivity index is 1.86. The third-order valence-electron chi connectivity index (χ3n) is 6.10. The topological polar surface area (TPSA) is 73.2 Å². The van der Waals surface area contributed by atoms with Gasteiger partial charge in [-0.05, 0) is 64.7 Å². The van der Waals surface area contributed by atoms with Gasteiger partial charge in [-0.25, -0.2) is 18.3 Å². The lowest BCUT2D eigenvalue weighted by Crippen LogP contribution is -2.36. The lowest BCUT2D eigenvalue weighted by Gasteiger charge is -2.32. The van der Waals surface area contributed by atoms with E-state index in [0.717, 1.165) is 25.1 Å². The molecule has 158 valence electrons. The molecule has 1 saturated heterocycles. The second kappa shape index (κ2) is 7.25. The Morgan fingerprint density at radius 2 is 1.97 bits per heavy atom. The van der Waals surface area contributed by atoms with Crippen molar-refractivity contribution in [2.45, 2.75) is 69.7 Å². The summed E-state index contributed by atoms with van der Waals surface area (Å²) in [5.74, 6) is 0.302. The first-order valence-corrected chi connectivity index (χ1v) is 11.3. The fourth-order valence-electron chi connectivity index (χ4n) is 4.33. The van der Waals surface area contributed by atoms with Gasteiger partial charge < -0.3 is 4.74 Å². The number of benzene rings is 1. The van der Waals surface area contributed by atoms with Crippen LogP contribution in [0.15, 0.2) is 16.9 Å². The van der Waals surface area contributed by atoms with E-state index in [1.165, 1.54) is 12.1 Å². The van der Waals surface area contributed by atoms with Gasteiger partial charge in [0.05, 0.1) is 26.6 Å². The van der Waals surface area contributed by atoms with Gasteiger partial charge in [-0.3, -0.25) is 9.36 Å². The second-order valence-electron chi connectivity index (χ2n) is 9.15. The van der Waals surface area contributed by atoms with Crippen molar-refractivity contribution in [1.29, 1.82) is 0 Å². The highest BCUT2D eigenvalue weighted by Gasteiger charge is 2.43. The van der Waals surface area contributed by atoms with Crippen LogP contribution in [-0.4, -0.2) is 31.7 Å². The van der Waals surface area contributed by atoms with Crippen LogP contribution < -0.4 is 10.3 Å². The highest BCUT2D eigenvalue weighted by Crippen LogP contribution is 2.42. The van der Waals surface area contributed by atoms with E-state index in [1.54, 1.807) is 4.57 Å². The first-order chi connectivity index (χ1) is 13.6. The monoisotopic (exact) mass is 421 g/mol. The molecule has 29 heavy (non-hydrogen) atoms. The van der Waals surface area contributed by atoms with Crippen molar-refractivity contribution in [1.82, 2.24) is 14.3 Å². The van der Waals surface area contributed by atoms with Crippen LogP contribution in [0, 0.1) is 5.82 Å². The van der Waals surface area contributed by atoms with Crippen LogP contribution in [-0.2, 0) is 27.7 Å². The van der Waals surface area contributed by atoms with Crippen molar-refractivity contribution < 1.29 is 13.3 Å². The van der Waals surface area contributed by atoms with Gasteiger partial charge in [0.1, 0.15) is 11.6 Å². The van der Waals surface area contributed by atoms with Crippen LogP contribution in [0.25, 0.3) is 10.9 Å². The van der Waals surface area contributed by atoms with Crippen LogP contribution in [0.3, 0.4) is 0 Å². The normalized spacial score (nSPS) is 20.7. The predicted octanol–water partition coefficient (Wildman–Crippen LogP) is 3.10. The highest BCUT2D eigenvalue weighted by atomic mass is 32.2. The number of nitrogens with one attached hydrogen (secondary N) is 1. The minimum absolute atomic E-state index is 0.151. The minimum Gasteiger partial charge on any atom is -0.381 e. The Kier molecular flexibility index (Phi) is 5.16. The summed E-state index contributed by atoms with van der Waals surface area (Å²) in [6.45, 7) is 9.37. The third kappa shape index (κ3) is 3.55. The summed E-state index contributed by atoms with van der Waals surface area (Å²) < 4.78 is 36.8. The molecule has 1 spiro atoms. The third-order valence-corrected chi connectivity index (χ3v) is 7.78. The zero-order chi connectivity index (χ0) is 21.0. The number of nitrogens with zero attached hydrogens (tertiary/aromatic N) is 2. The molecule has 1 fully saturated rings. The summed E-state index contributed by atoms with van der Waals surface area (Å²) in [5.41, 5.74) is 0.717. The molecule has 3 heterocycles. The largest absolute Gasteiger partial charge is 0.381 e. The Labute approximate surface area is 172 Å². The molecule has 2 aromatic rings. The fourth-order valence-corrected chi connectivity index (χ4v) is 5.13. The maximum atomic E-state index is 14.4. The zero-order valence-electron chi connectivity index (χ0n) is 17.4. The molecule has 6 nitrogen and oxygen atoms in total. The molecular weight excluding hydrogens is 393 g/mol. The quantitative estimate of drug-likeness (QED) is 0.827. The summed E-state index contributed by atoms with van der Waals surface area (Å²) in [4.78, 5) is 18.1. The molecule has 0 unspecified atom stereocenters. The first-order valence-electron chi connectivity index (χ1n) is 10.1. The van der Waals surface area contributed by atoms with E-state index in [0.29, 0.717) is 30.8 Å². The average Bonchev–Trinajstić information content (AvgIpc) is 3.00. The standard InChI is InChI=1S/C21H28FN3O3S/c1-13(24-29(27)20(2,3)4)15-11-14(22)12-16-17(15)23-19-21(6-9-28-10-7-21)5-8-25(19)18(16)26/h11-13,24H,5-10H2,1-4H3/t13-,29-/m1/s1. The molecule has 8 heteroatoms. The molecule has 2 aliphatic heterocycles. The minimum atomic E-state index is -1.33. The van der Waals surface area contributed by atoms with Crippen LogP contribution in [0.5, 0.6) is 0 Å². The van der Waals surface area contributed by atoms with Crippen LogP contribution in [0.4, 0.5) is 4.39 Å². The van der Waals surface area contributed by atoms with Gasteiger partial charge in [-0.1, -0.05) is 0 Å². The summed E-state index contributed by atoms with van der Waals surface area (Å²) in [6.07, 6.45) is 2.53. The fraction of sp³-hybridized carbons (Fsp3) is 0.619. The SMILES string of the molecule is C[C@@H](N[S@](=O)C(C)(C)C)c1cc(F)cc2c(=O)n3c(nc12)C1(CCOCC1)CC3. The van der Waals surface area contributed by atoms with Crippen molar-refractivity contribution in [3.05, 3.63) is 39.7 Å². The number of hydrogen-bond donors (Lipinski definition) is 1. The van der Waals surface area contributed by atoms with E-state index < -0.39 is 27.6 Å². The molecule has 1 aromatic carbocycles. The Bertz CT molecular complexity index is 1040. The van der Waals surface area contributed by atoms with Crippen molar-refractivity contribution >= 4 is 21.9 Å². The number of fused-ring (bicyclic) bond motifs is 3. The Morgan fingerprint density at radius 3 is 2.62 bits per heavy atom. The molecule has 0 bridgehead atoms. The molecule has 0 radical (unpaired) electrons. The smallest absolute Gasteiger partial charge is 0.261 e. The molecule has 0 saturated carbocycles. The van der Waals surface area contributed by atoms with Crippen LogP contribution >= 0.6 is 0 Å². The van der Waals surface area contributed by atoms with E-state index in [1.807, 2.05) is 27.7 Å². The lowest BCUT2D eigenvalue weighted by molar-refractivity contribution is 0.0492. The van der Waals surface area contributed by atoms with Crippen molar-refractivity contribution in [2.24, 2.45) is 0 Å². The molecule has 4 rings (SSSR count). The number of hydrogen-bond acceptors (Lipinski definition) is 4. The van der Waals surface area contributed by atoms with Crippen LogP contribution in [0.1, 0.15) is 64.4 Å². The van der Waals surface area contributed by atoms with Gasteiger partial charge >= 0.3 is 0 Å². The highest BCUT2D eigenvalue weighted by molar-refractivity contribution is 7.84. The van der Waals surface area contributed by atoms with E-state index in [2.05, 4.69) is 4.72 Å². The summed E-state index contributed by atoms with van der Waals surface area (Å²) >= 11 is 0. The number of ether oxygens (including phenoxy) is 1. The number of rotatable bonds is 3. The maximum Gasteiger partial charge on any atom is 0.261 e. The van der Waals surface area contributed by atoms with Gasteiger partial charge in [0.15, 0.2) is 0 Å². The summed E-state index contributed by atoms with van der Waals surface area (Å²) in [5, 5.41) is 0.281. The van der Waals surface area contributed by atoms with Gasteiger partial charge in [-0.15, -0.1) is 0 Å². The molecule has 2 atom stereocenters. The molecule has 0 aliphatic carbocycles. The first kappa shape index (κ1) is 20.6. The van der Waals surface area contributed by atoms with Crippen LogP contribution in [0.2, 0.25) is 0 Å². The van der Waals surface area contributed by atoms with E-state index in [-0.39, 0.29) is 16.4 Å². The molecule has 0 amide bonds. The second-order valence-corrected chi connectivity index (χ2v) is 11.1. The van der Waals surface area contributed by atoms with E-state index >= 15 is 0 Å². The van der Waals surface area contributed by atoms with E-state index in [4.69, 9.17) is 9.72 Å². The average molecular weight is 422 g/mol. The predicted molar refractivity (Wildman–Crippen MR) is 112 cm³/mol. The summed E-state index contributed by atoms with van der Waals surface area (Å²) in [7, 11) is -1.33. The van der Waals surface area contributed by atoms with Gasteiger partial charge in [-0.2, -0.15) is 0 Å². The van der Waals surface area contributed by atoms with Crippen molar-refractivity contribution in [3.63, 3.8) is 0 Å². The molecular formula is C21H28FN3O3S. The van der Waals surface area contributed by atoms with Gasteiger partial charge in [0, 0.05) is 31.2 Å². The summed E-state index contributed by atoms with van der Waals surface area (Å²) in [6, 6.07) is 2.24. The number of aromatic nitrogens is 2. The van der Waals surface area contributed by atoms with Gasteiger partial charge in [0.2, 0.25) is 0 Å². The Morgan fingerprint density at radius 1 is 1.28 bits per heavy atom. The van der Waals surface area contributed by atoms with Gasteiger partial charge in [0.25, 0.3) is 5.56 Å². The van der Waals surface area contributed by atoms with E-state index in [9.17, 15) is 13.4 Å². The molecule has 1 aromatic heterocycles. The maximum absolute atomic E-state index is 14.4.